The van der Waals surface area contributed by atoms with Crippen molar-refractivity contribution < 1.29 is 14.5 Å². The normalized spacial score (nSPS) is 16.4. The van der Waals surface area contributed by atoms with Crippen LogP contribution in [0.15, 0.2) is 54.6 Å². The van der Waals surface area contributed by atoms with Crippen molar-refractivity contribution in [1.82, 2.24) is 4.90 Å². The zero-order valence-corrected chi connectivity index (χ0v) is 14.6. The van der Waals surface area contributed by atoms with Gasteiger partial charge in [0.2, 0.25) is 5.91 Å². The lowest BCUT2D eigenvalue weighted by molar-refractivity contribution is -0.384. The number of piperidine rings is 1. The number of urea groups is 1. The van der Waals surface area contributed by atoms with Crippen LogP contribution in [0, 0.1) is 16.0 Å². The number of nitrogens with zero attached hydrogens (tertiary/aromatic N) is 2. The van der Waals surface area contributed by atoms with Crippen molar-refractivity contribution in [2.45, 2.75) is 12.8 Å². The number of benzene rings is 2. The van der Waals surface area contributed by atoms with E-state index < -0.39 is 4.92 Å². The highest BCUT2D eigenvalue weighted by atomic mass is 16.6. The van der Waals surface area contributed by atoms with Gasteiger partial charge in [0, 0.05) is 36.6 Å². The Morgan fingerprint density at radius 3 is 2.52 bits per heavy atom. The fraction of sp³-hybridized carbons (Fsp3) is 0.263. The van der Waals surface area contributed by atoms with Gasteiger partial charge in [-0.15, -0.1) is 0 Å². The molecule has 3 rings (SSSR count). The smallest absolute Gasteiger partial charge is 0.321 e. The molecule has 3 amide bonds. The average molecular weight is 368 g/mol. The van der Waals surface area contributed by atoms with E-state index in [9.17, 15) is 19.7 Å². The van der Waals surface area contributed by atoms with E-state index in [0.717, 1.165) is 6.42 Å². The summed E-state index contributed by atoms with van der Waals surface area (Å²) in [6, 6.07) is 14.7. The molecule has 1 fully saturated rings. The lowest BCUT2D eigenvalue weighted by Gasteiger charge is -2.32. The second-order valence-electron chi connectivity index (χ2n) is 6.38. The number of anilines is 2. The minimum absolute atomic E-state index is 0.0830. The first-order chi connectivity index (χ1) is 13.0. The molecule has 27 heavy (non-hydrogen) atoms. The summed E-state index contributed by atoms with van der Waals surface area (Å²) in [4.78, 5) is 36.9. The van der Waals surface area contributed by atoms with Gasteiger partial charge in [0.05, 0.1) is 10.8 Å². The minimum atomic E-state index is -0.508. The molecule has 0 saturated carbocycles. The summed E-state index contributed by atoms with van der Waals surface area (Å²) >= 11 is 0. The van der Waals surface area contributed by atoms with Crippen LogP contribution in [-0.4, -0.2) is 34.9 Å². The molecule has 0 unspecified atom stereocenters. The van der Waals surface area contributed by atoms with Crippen molar-refractivity contribution in [2.24, 2.45) is 5.92 Å². The van der Waals surface area contributed by atoms with Crippen molar-refractivity contribution in [1.29, 1.82) is 0 Å². The van der Waals surface area contributed by atoms with E-state index in [1.165, 1.54) is 18.2 Å². The van der Waals surface area contributed by atoms with Crippen molar-refractivity contribution >= 4 is 29.0 Å². The van der Waals surface area contributed by atoms with Crippen LogP contribution in [0.4, 0.5) is 21.9 Å². The largest absolute Gasteiger partial charge is 0.326 e. The SMILES string of the molecule is O=C(Nc1cccc([N+](=O)[O-])c1)[C@H]1CCCN(C(=O)Nc2ccccc2)C1. The van der Waals surface area contributed by atoms with Gasteiger partial charge in [-0.25, -0.2) is 4.79 Å². The van der Waals surface area contributed by atoms with E-state index in [2.05, 4.69) is 10.6 Å². The number of nitrogens with one attached hydrogen (secondary N) is 2. The number of para-hydroxylation sites is 1. The van der Waals surface area contributed by atoms with E-state index in [4.69, 9.17) is 0 Å². The van der Waals surface area contributed by atoms with E-state index >= 15 is 0 Å². The van der Waals surface area contributed by atoms with Crippen LogP contribution in [0.5, 0.6) is 0 Å². The highest BCUT2D eigenvalue weighted by molar-refractivity contribution is 5.94. The second kappa shape index (κ2) is 8.31. The Bertz CT molecular complexity index is 841. The maximum absolute atomic E-state index is 12.5. The molecule has 2 N–H and O–H groups in total. The predicted octanol–water partition coefficient (Wildman–Crippen LogP) is 3.48. The number of rotatable bonds is 4. The molecule has 0 aliphatic carbocycles. The van der Waals surface area contributed by atoms with Crippen LogP contribution in [0.2, 0.25) is 0 Å². The Kier molecular flexibility index (Phi) is 5.65. The number of non-ortho nitro benzene ring substituents is 1. The Morgan fingerprint density at radius 2 is 1.78 bits per heavy atom. The van der Waals surface area contributed by atoms with E-state index in [1.54, 1.807) is 23.1 Å². The number of hydrogen-bond donors (Lipinski definition) is 2. The average Bonchev–Trinajstić information content (AvgIpc) is 2.69. The van der Waals surface area contributed by atoms with Gasteiger partial charge in [-0.05, 0) is 31.0 Å². The van der Waals surface area contributed by atoms with E-state index in [0.29, 0.717) is 30.9 Å². The minimum Gasteiger partial charge on any atom is -0.326 e. The maximum atomic E-state index is 12.5. The molecule has 0 aromatic heterocycles. The third kappa shape index (κ3) is 4.81. The van der Waals surface area contributed by atoms with Gasteiger partial charge in [-0.2, -0.15) is 0 Å². The van der Waals surface area contributed by atoms with Crippen molar-refractivity contribution in [3.05, 3.63) is 64.7 Å². The first-order valence-electron chi connectivity index (χ1n) is 8.69. The molecule has 0 spiro atoms. The van der Waals surface area contributed by atoms with Crippen LogP contribution in [-0.2, 0) is 4.79 Å². The Labute approximate surface area is 156 Å². The quantitative estimate of drug-likeness (QED) is 0.637. The summed E-state index contributed by atoms with van der Waals surface area (Å²) in [6.45, 7) is 0.888. The highest BCUT2D eigenvalue weighted by Gasteiger charge is 2.28. The highest BCUT2D eigenvalue weighted by Crippen LogP contribution is 2.22. The van der Waals surface area contributed by atoms with Gasteiger partial charge in [0.25, 0.3) is 5.69 Å². The topological polar surface area (TPSA) is 105 Å². The summed E-state index contributed by atoms with van der Waals surface area (Å²) < 4.78 is 0. The van der Waals surface area contributed by atoms with Gasteiger partial charge >= 0.3 is 6.03 Å². The fourth-order valence-corrected chi connectivity index (χ4v) is 3.04. The van der Waals surface area contributed by atoms with E-state index in [-0.39, 0.29) is 23.5 Å². The summed E-state index contributed by atoms with van der Waals surface area (Å²) in [7, 11) is 0. The van der Waals surface area contributed by atoms with Crippen LogP contribution in [0.3, 0.4) is 0 Å². The lowest BCUT2D eigenvalue weighted by atomic mass is 9.97. The first kappa shape index (κ1) is 18.4. The van der Waals surface area contributed by atoms with Gasteiger partial charge < -0.3 is 15.5 Å². The van der Waals surface area contributed by atoms with Crippen LogP contribution in [0.1, 0.15) is 12.8 Å². The first-order valence-corrected chi connectivity index (χ1v) is 8.69. The number of nitro benzene ring substituents is 1. The predicted molar refractivity (Wildman–Crippen MR) is 101 cm³/mol. The number of hydrogen-bond acceptors (Lipinski definition) is 4. The van der Waals surface area contributed by atoms with Crippen molar-refractivity contribution in [2.75, 3.05) is 23.7 Å². The fourth-order valence-electron chi connectivity index (χ4n) is 3.04. The van der Waals surface area contributed by atoms with Gasteiger partial charge in [-0.3, -0.25) is 14.9 Å². The summed E-state index contributed by atoms with van der Waals surface area (Å²) in [6.07, 6.45) is 1.38. The number of amides is 3. The van der Waals surface area contributed by atoms with E-state index in [1.807, 2.05) is 18.2 Å². The molecular weight excluding hydrogens is 348 g/mol. The molecular formula is C19H20N4O4. The van der Waals surface area contributed by atoms with Crippen LogP contribution in [0.25, 0.3) is 0 Å². The third-order valence-electron chi connectivity index (χ3n) is 4.43. The molecule has 8 nitrogen and oxygen atoms in total. The molecule has 1 aliphatic rings. The van der Waals surface area contributed by atoms with Crippen LogP contribution >= 0.6 is 0 Å². The summed E-state index contributed by atoms with van der Waals surface area (Å²) in [5.74, 6) is -0.604. The molecule has 0 bridgehead atoms. The number of nitro groups is 1. The standard InChI is InChI=1S/C19H20N4O4/c24-18(20-16-9-4-10-17(12-16)23(26)27)14-6-5-11-22(13-14)19(25)21-15-7-2-1-3-8-15/h1-4,7-10,12,14H,5-6,11,13H2,(H,20,24)(H,21,25)/t14-/m0/s1. The molecule has 0 radical (unpaired) electrons. The summed E-state index contributed by atoms with van der Waals surface area (Å²) in [5.41, 5.74) is 0.992. The number of carbonyl (C=O) groups excluding carboxylic acids is 2. The molecule has 1 aliphatic heterocycles. The maximum Gasteiger partial charge on any atom is 0.321 e. The molecule has 2 aromatic rings. The van der Waals surface area contributed by atoms with Crippen molar-refractivity contribution in [3.8, 4) is 0 Å². The summed E-state index contributed by atoms with van der Waals surface area (Å²) in [5, 5.41) is 16.4. The molecule has 1 atom stereocenters. The molecule has 1 heterocycles. The molecule has 8 heteroatoms. The second-order valence-corrected chi connectivity index (χ2v) is 6.38. The monoisotopic (exact) mass is 368 g/mol. The molecule has 1 saturated heterocycles. The van der Waals surface area contributed by atoms with Gasteiger partial charge in [0.1, 0.15) is 0 Å². The Morgan fingerprint density at radius 1 is 1.04 bits per heavy atom. The molecule has 140 valence electrons. The number of likely N-dealkylation sites (tertiary alicyclic amines) is 1. The molecule has 2 aromatic carbocycles. The Balaban J connectivity index is 1.60. The zero-order valence-electron chi connectivity index (χ0n) is 14.6. The lowest BCUT2D eigenvalue weighted by Crippen LogP contribution is -2.45. The van der Waals surface area contributed by atoms with Crippen molar-refractivity contribution in [3.63, 3.8) is 0 Å². The third-order valence-corrected chi connectivity index (χ3v) is 4.43. The van der Waals surface area contributed by atoms with Gasteiger partial charge in [0.15, 0.2) is 0 Å². The Hall–Kier alpha value is -3.42. The number of carbonyl (C=O) groups is 2. The van der Waals surface area contributed by atoms with Gasteiger partial charge in [-0.1, -0.05) is 24.3 Å². The van der Waals surface area contributed by atoms with Crippen LogP contribution < -0.4 is 10.6 Å². The zero-order chi connectivity index (χ0) is 19.2.